The zero-order valence-corrected chi connectivity index (χ0v) is 35.9. The van der Waals surface area contributed by atoms with Gasteiger partial charge in [-0.05, 0) is 114 Å². The fourth-order valence-electron chi connectivity index (χ4n) is 9.15. The topological polar surface area (TPSA) is 194 Å². The van der Waals surface area contributed by atoms with E-state index in [1.54, 1.807) is 51.1 Å². The maximum absolute atomic E-state index is 17.7. The van der Waals surface area contributed by atoms with Gasteiger partial charge in [0.15, 0.2) is 11.6 Å². The number of benzene rings is 1. The molecule has 0 bridgehead atoms. The van der Waals surface area contributed by atoms with Crippen molar-refractivity contribution >= 4 is 44.6 Å². The van der Waals surface area contributed by atoms with Crippen LogP contribution in [0.25, 0.3) is 10.8 Å². The van der Waals surface area contributed by atoms with Gasteiger partial charge in [0.25, 0.3) is 5.91 Å². The number of rotatable bonds is 8. The summed E-state index contributed by atoms with van der Waals surface area (Å²) in [4.78, 5) is 62.9. The van der Waals surface area contributed by atoms with Crippen LogP contribution in [0.1, 0.15) is 92.1 Å². The summed E-state index contributed by atoms with van der Waals surface area (Å²) in [6, 6.07) is 0.0546. The van der Waals surface area contributed by atoms with E-state index in [9.17, 15) is 27.9 Å². The number of pyridine rings is 1. The second kappa shape index (κ2) is 15.3. The van der Waals surface area contributed by atoms with Crippen LogP contribution in [0.5, 0.6) is 17.5 Å². The molecule has 7 rings (SSSR count). The number of aromatic nitrogens is 1. The van der Waals surface area contributed by atoms with Crippen molar-refractivity contribution in [3.8, 4) is 17.5 Å². The van der Waals surface area contributed by atoms with Gasteiger partial charge in [0.2, 0.25) is 33.6 Å². The van der Waals surface area contributed by atoms with Gasteiger partial charge in [0.1, 0.15) is 17.3 Å². The van der Waals surface area contributed by atoms with E-state index < -0.39 is 92.2 Å². The number of hydrogen-bond donors (Lipinski definition) is 3. The van der Waals surface area contributed by atoms with Gasteiger partial charge < -0.3 is 29.5 Å². The van der Waals surface area contributed by atoms with Crippen LogP contribution < -0.4 is 24.2 Å². The number of amides is 4. The molecule has 2 saturated carbocycles. The molecule has 60 heavy (non-hydrogen) atoms. The molecule has 7 atom stereocenters. The van der Waals surface area contributed by atoms with E-state index in [1.165, 1.54) is 14.0 Å². The highest BCUT2D eigenvalue weighted by Crippen LogP contribution is 2.51. The SMILES string of the molecule is COc1ccc2c(O[C@]3(C)CN4C(=O)[C@@H](N(C(=O)O)C(C)C)[C@H](C)C[C@H](C)CC/C=C\[C@@H]5C[C@@]5(C(=O)NS(=O)(=O)C5(C)CC5)NC(=O)[C@H]4C3(F)F)nc3c(c2c1)CCCO3. The number of aryl methyl sites for hydroxylation is 1. The molecule has 2 aromatic rings. The third-order valence-corrected chi connectivity index (χ3v) is 15.3. The minimum absolute atomic E-state index is 0.0575. The first-order valence-electron chi connectivity index (χ1n) is 20.7. The first-order chi connectivity index (χ1) is 28.1. The lowest BCUT2D eigenvalue weighted by atomic mass is 9.86. The predicted molar refractivity (Wildman–Crippen MR) is 215 cm³/mol. The summed E-state index contributed by atoms with van der Waals surface area (Å²) in [5, 5.41) is 13.9. The molecular weight excluding hydrogens is 805 g/mol. The minimum Gasteiger partial charge on any atom is -0.497 e. The molecule has 0 spiro atoms. The van der Waals surface area contributed by atoms with Crippen LogP contribution in [-0.2, 0) is 30.8 Å². The maximum atomic E-state index is 17.7. The van der Waals surface area contributed by atoms with E-state index in [1.807, 2.05) is 6.92 Å². The summed E-state index contributed by atoms with van der Waals surface area (Å²) in [5.41, 5.74) is -3.88. The lowest BCUT2D eigenvalue weighted by molar-refractivity contribution is -0.163. The summed E-state index contributed by atoms with van der Waals surface area (Å²) < 4.78 is 80.5. The predicted octanol–water partition coefficient (Wildman–Crippen LogP) is 5.19. The fraction of sp³-hybridized carbons (Fsp3) is 0.643. The van der Waals surface area contributed by atoms with Crippen molar-refractivity contribution in [1.82, 2.24) is 24.8 Å². The molecular formula is C42H55F2N5O10S. The second-order valence-electron chi connectivity index (χ2n) is 18.1. The van der Waals surface area contributed by atoms with Crippen molar-refractivity contribution < 1.29 is 55.7 Å². The standard InChI is InChI=1S/C42H55F2N5O10S/c1-23(2)49(38(53)54)31-25(4)19-24(3)11-8-9-12-26-21-41(26,37(52)47-60(55,56)39(5)16-17-39)46-33(50)32-42(43,44)40(6,22-48(32)36(31)51)59-35-29-15-14-27(57-7)20-30(29)28-13-10-18-58-34(28)45-35/h9,12,14-15,20,23-26,31-32H,8,10-11,13,16-19,21-22H2,1-7H3,(H,46,50)(H,47,52)(H,53,54)/b12-9-/t24-,25-,26-,31+,32+,40-,41-/m1/s1. The summed E-state index contributed by atoms with van der Waals surface area (Å²) in [6.07, 6.45) is 5.33. The Kier molecular flexibility index (Phi) is 11.1. The number of ether oxygens (including phenoxy) is 3. The molecule has 328 valence electrons. The van der Waals surface area contributed by atoms with Crippen molar-refractivity contribution in [3.63, 3.8) is 0 Å². The Morgan fingerprint density at radius 1 is 1.15 bits per heavy atom. The van der Waals surface area contributed by atoms with Crippen LogP contribution in [0.15, 0.2) is 30.4 Å². The molecule has 1 saturated heterocycles. The van der Waals surface area contributed by atoms with Gasteiger partial charge in [-0.25, -0.2) is 13.2 Å². The van der Waals surface area contributed by atoms with E-state index in [4.69, 9.17) is 14.2 Å². The lowest BCUT2D eigenvalue weighted by Gasteiger charge is -2.39. The number of halogens is 2. The number of carbonyl (C=O) groups excluding carboxylic acids is 3. The number of nitrogens with zero attached hydrogens (tertiary/aromatic N) is 3. The lowest BCUT2D eigenvalue weighted by Crippen LogP contribution is -2.63. The highest BCUT2D eigenvalue weighted by Gasteiger charge is 2.72. The average molecular weight is 860 g/mol. The second-order valence-corrected chi connectivity index (χ2v) is 20.3. The Balaban J connectivity index is 1.35. The largest absolute Gasteiger partial charge is 0.497 e. The number of allylic oxidation sites excluding steroid dienone is 1. The van der Waals surface area contributed by atoms with Crippen molar-refractivity contribution in [1.29, 1.82) is 0 Å². The van der Waals surface area contributed by atoms with Gasteiger partial charge in [0, 0.05) is 22.9 Å². The first kappa shape index (κ1) is 43.4. The number of sulfonamides is 1. The van der Waals surface area contributed by atoms with E-state index >= 15 is 13.6 Å². The molecule has 15 nitrogen and oxygen atoms in total. The van der Waals surface area contributed by atoms with Gasteiger partial charge >= 0.3 is 12.0 Å². The van der Waals surface area contributed by atoms with Crippen LogP contribution in [0.2, 0.25) is 0 Å². The molecule has 4 amide bonds. The van der Waals surface area contributed by atoms with Crippen molar-refractivity contribution in [3.05, 3.63) is 35.9 Å². The van der Waals surface area contributed by atoms with Gasteiger partial charge in [-0.2, -0.15) is 13.8 Å². The van der Waals surface area contributed by atoms with Crippen LogP contribution >= 0.6 is 0 Å². The van der Waals surface area contributed by atoms with Gasteiger partial charge in [-0.3, -0.25) is 24.0 Å². The van der Waals surface area contributed by atoms with Crippen molar-refractivity contribution in [2.45, 2.75) is 133 Å². The summed E-state index contributed by atoms with van der Waals surface area (Å²) in [5.74, 6) is -8.85. The van der Waals surface area contributed by atoms with Crippen molar-refractivity contribution in [2.75, 3.05) is 20.3 Å². The van der Waals surface area contributed by atoms with Crippen LogP contribution in [-0.4, -0.2) is 112 Å². The van der Waals surface area contributed by atoms with Crippen LogP contribution in [0.4, 0.5) is 13.6 Å². The monoisotopic (exact) mass is 859 g/mol. The van der Waals surface area contributed by atoms with Crippen LogP contribution in [0, 0.1) is 17.8 Å². The average Bonchev–Trinajstić information content (AvgIpc) is 4.08. The molecule has 1 aromatic heterocycles. The molecule has 3 fully saturated rings. The Hall–Kier alpha value is -4.74. The van der Waals surface area contributed by atoms with Crippen molar-refractivity contribution in [2.24, 2.45) is 17.8 Å². The number of nitrogens with one attached hydrogen (secondary N) is 2. The number of carboxylic acid groups (broad SMARTS) is 1. The normalized spacial score (nSPS) is 31.6. The molecule has 18 heteroatoms. The van der Waals surface area contributed by atoms with E-state index in [0.717, 1.165) is 17.4 Å². The molecule has 0 radical (unpaired) electrons. The van der Waals surface area contributed by atoms with Gasteiger partial charge in [-0.1, -0.05) is 26.0 Å². The molecule has 1 aromatic carbocycles. The maximum Gasteiger partial charge on any atom is 0.408 e. The van der Waals surface area contributed by atoms with E-state index in [2.05, 4.69) is 15.0 Å². The Morgan fingerprint density at radius 2 is 1.87 bits per heavy atom. The van der Waals surface area contributed by atoms with E-state index in [-0.39, 0.29) is 24.1 Å². The van der Waals surface area contributed by atoms with Gasteiger partial charge in [-0.15, -0.1) is 0 Å². The molecule has 3 aliphatic heterocycles. The number of fused-ring (bicyclic) bond motifs is 5. The minimum atomic E-state index is -4.23. The van der Waals surface area contributed by atoms with E-state index in [0.29, 0.717) is 73.0 Å². The quantitative estimate of drug-likeness (QED) is 0.296. The zero-order chi connectivity index (χ0) is 43.7. The smallest absolute Gasteiger partial charge is 0.408 e. The highest BCUT2D eigenvalue weighted by atomic mass is 32.2. The zero-order valence-electron chi connectivity index (χ0n) is 35.0. The Labute approximate surface area is 348 Å². The summed E-state index contributed by atoms with van der Waals surface area (Å²) >= 11 is 0. The third-order valence-electron chi connectivity index (χ3n) is 13.2. The van der Waals surface area contributed by atoms with Crippen LogP contribution in [0.3, 0.4) is 0 Å². The van der Waals surface area contributed by atoms with Gasteiger partial charge in [0.05, 0.1) is 25.0 Å². The number of hydrogen-bond acceptors (Lipinski definition) is 10. The number of methoxy groups -OCH3 is 1. The molecule has 4 heterocycles. The molecule has 5 aliphatic rings. The molecule has 2 aliphatic carbocycles. The Morgan fingerprint density at radius 3 is 2.52 bits per heavy atom. The summed E-state index contributed by atoms with van der Waals surface area (Å²) in [7, 11) is -2.71. The molecule has 0 unspecified atom stereocenters. The Bertz CT molecular complexity index is 2230. The number of alkyl halides is 2. The molecule has 3 N–H and O–H groups in total. The number of carbonyl (C=O) groups is 4. The first-order valence-corrected chi connectivity index (χ1v) is 22.2. The highest BCUT2D eigenvalue weighted by molar-refractivity contribution is 7.91. The third kappa shape index (κ3) is 7.39. The summed E-state index contributed by atoms with van der Waals surface area (Å²) in [6.45, 7) is 8.76. The fourth-order valence-corrected chi connectivity index (χ4v) is 10.5.